The fourth-order valence-electron chi connectivity index (χ4n) is 5.59. The lowest BCUT2D eigenvalue weighted by molar-refractivity contribution is -0.135. The maximum absolute atomic E-state index is 12.9. The molecule has 34 heavy (non-hydrogen) atoms. The number of hydrogen-bond acceptors (Lipinski definition) is 6. The second kappa shape index (κ2) is 8.67. The van der Waals surface area contributed by atoms with E-state index in [4.69, 9.17) is 19.4 Å². The van der Waals surface area contributed by atoms with Gasteiger partial charge in [0.05, 0.1) is 31.1 Å². The van der Waals surface area contributed by atoms with Gasteiger partial charge in [-0.1, -0.05) is 18.2 Å². The van der Waals surface area contributed by atoms with Gasteiger partial charge in [-0.15, -0.1) is 0 Å². The van der Waals surface area contributed by atoms with Gasteiger partial charge in [0.25, 0.3) is 0 Å². The summed E-state index contributed by atoms with van der Waals surface area (Å²) in [5.41, 5.74) is 3.16. The molecule has 1 aromatic carbocycles. The van der Waals surface area contributed by atoms with Crippen LogP contribution < -0.4 is 4.90 Å². The zero-order chi connectivity index (χ0) is 23.2. The maximum atomic E-state index is 12.9. The molecule has 2 fully saturated rings. The smallest absolute Gasteiger partial charge is 0.245 e. The summed E-state index contributed by atoms with van der Waals surface area (Å²) >= 11 is 0. The number of nitrogens with zero attached hydrogens (tertiary/aromatic N) is 5. The lowest BCUT2D eigenvalue weighted by atomic mass is 9.98. The zero-order valence-corrected chi connectivity index (χ0v) is 19.9. The van der Waals surface area contributed by atoms with E-state index in [1.807, 2.05) is 25.1 Å². The fourth-order valence-corrected chi connectivity index (χ4v) is 5.59. The van der Waals surface area contributed by atoms with Crippen LogP contribution in [0.5, 0.6) is 0 Å². The van der Waals surface area contributed by atoms with E-state index >= 15 is 0 Å². The summed E-state index contributed by atoms with van der Waals surface area (Å²) in [7, 11) is 1.88. The number of pyridine rings is 1. The number of carbonyl (C=O) groups is 1. The minimum Gasteiger partial charge on any atom is -0.381 e. The standard InChI is InChI=1S/C26H31N5O3/c1-17-26(32)29(2)16-22-24(28-25(31(17)22)18-6-10-33-11-7-18)20-5-3-4-19-14-23(27-15-21(19)20)30-8-12-34-13-9-30/h3-5,14-15,17-18H,6-13,16H2,1-2H3/t17-/m1/s1. The predicted molar refractivity (Wildman–Crippen MR) is 130 cm³/mol. The molecule has 1 atom stereocenters. The Morgan fingerprint density at radius 2 is 1.82 bits per heavy atom. The van der Waals surface area contributed by atoms with Crippen LogP contribution in [0.4, 0.5) is 5.82 Å². The third-order valence-electron chi connectivity index (χ3n) is 7.47. The van der Waals surface area contributed by atoms with Crippen LogP contribution in [0.15, 0.2) is 30.5 Å². The minimum atomic E-state index is -0.256. The van der Waals surface area contributed by atoms with Crippen molar-refractivity contribution in [2.45, 2.75) is 38.3 Å². The Kier molecular flexibility index (Phi) is 5.50. The predicted octanol–water partition coefficient (Wildman–Crippen LogP) is 3.36. The normalized spacial score (nSPS) is 21.8. The van der Waals surface area contributed by atoms with E-state index in [9.17, 15) is 4.79 Å². The molecule has 0 bridgehead atoms. The minimum absolute atomic E-state index is 0.138. The van der Waals surface area contributed by atoms with Crippen LogP contribution in [0, 0.1) is 0 Å². The molecule has 2 saturated heterocycles. The first-order chi connectivity index (χ1) is 16.6. The Balaban J connectivity index is 1.48. The summed E-state index contributed by atoms with van der Waals surface area (Å²) in [6, 6.07) is 8.29. The van der Waals surface area contributed by atoms with Crippen molar-refractivity contribution in [3.05, 3.63) is 42.0 Å². The van der Waals surface area contributed by atoms with Crippen LogP contribution in [0.25, 0.3) is 22.0 Å². The summed E-state index contributed by atoms with van der Waals surface area (Å²) in [6.45, 7) is 7.23. The Bertz CT molecular complexity index is 1230. The third kappa shape index (κ3) is 3.56. The molecular weight excluding hydrogens is 430 g/mol. The average Bonchev–Trinajstić information content (AvgIpc) is 3.27. The van der Waals surface area contributed by atoms with Crippen LogP contribution in [-0.2, 0) is 20.8 Å². The largest absolute Gasteiger partial charge is 0.381 e. The van der Waals surface area contributed by atoms with E-state index in [1.54, 1.807) is 0 Å². The van der Waals surface area contributed by atoms with Gasteiger partial charge in [0, 0.05) is 56.4 Å². The average molecular weight is 462 g/mol. The number of aromatic nitrogens is 3. The lowest BCUT2D eigenvalue weighted by Crippen LogP contribution is -2.40. The number of morpholine rings is 1. The highest BCUT2D eigenvalue weighted by molar-refractivity contribution is 5.97. The monoisotopic (exact) mass is 461 g/mol. The van der Waals surface area contributed by atoms with Gasteiger partial charge in [0.2, 0.25) is 5.91 Å². The lowest BCUT2D eigenvalue weighted by Gasteiger charge is -2.32. The molecule has 0 aliphatic carbocycles. The number of rotatable bonds is 3. The van der Waals surface area contributed by atoms with Crippen molar-refractivity contribution in [2.24, 2.45) is 0 Å². The highest BCUT2D eigenvalue weighted by Gasteiger charge is 2.36. The van der Waals surface area contributed by atoms with Crippen molar-refractivity contribution in [3.8, 4) is 11.3 Å². The van der Waals surface area contributed by atoms with Gasteiger partial charge in [0.15, 0.2) is 0 Å². The van der Waals surface area contributed by atoms with Gasteiger partial charge in [-0.05, 0) is 31.2 Å². The van der Waals surface area contributed by atoms with Crippen molar-refractivity contribution in [1.29, 1.82) is 0 Å². The number of amides is 1. The molecule has 0 saturated carbocycles. The van der Waals surface area contributed by atoms with Crippen LogP contribution in [0.3, 0.4) is 0 Å². The molecule has 1 amide bonds. The van der Waals surface area contributed by atoms with E-state index in [2.05, 4.69) is 33.7 Å². The SMILES string of the molecule is C[C@@H]1C(=O)N(C)Cc2c(-c3cccc4cc(N5CCOCC5)ncc34)nc(C3CCOCC3)n21. The van der Waals surface area contributed by atoms with Crippen molar-refractivity contribution in [3.63, 3.8) is 0 Å². The molecule has 2 aromatic heterocycles. The molecule has 8 heteroatoms. The van der Waals surface area contributed by atoms with Gasteiger partial charge in [-0.2, -0.15) is 0 Å². The molecule has 3 aliphatic rings. The number of hydrogen-bond donors (Lipinski definition) is 0. The number of carbonyl (C=O) groups excluding carboxylic acids is 1. The number of anilines is 1. The second-order valence-corrected chi connectivity index (χ2v) is 9.56. The molecule has 3 aliphatic heterocycles. The first-order valence-electron chi connectivity index (χ1n) is 12.3. The van der Waals surface area contributed by atoms with Gasteiger partial charge >= 0.3 is 0 Å². The Morgan fingerprint density at radius 3 is 2.62 bits per heavy atom. The van der Waals surface area contributed by atoms with E-state index in [-0.39, 0.29) is 11.9 Å². The van der Waals surface area contributed by atoms with Crippen molar-refractivity contribution in [2.75, 3.05) is 51.5 Å². The topological polar surface area (TPSA) is 72.7 Å². The summed E-state index contributed by atoms with van der Waals surface area (Å²) in [5, 5.41) is 2.24. The molecule has 0 N–H and O–H groups in total. The molecule has 5 heterocycles. The fraction of sp³-hybridized carbons (Fsp3) is 0.500. The van der Waals surface area contributed by atoms with Crippen molar-refractivity contribution < 1.29 is 14.3 Å². The summed E-state index contributed by atoms with van der Waals surface area (Å²) < 4.78 is 13.3. The van der Waals surface area contributed by atoms with Crippen LogP contribution in [0.1, 0.15) is 43.2 Å². The molecule has 3 aromatic rings. The summed E-state index contributed by atoms with van der Waals surface area (Å²) in [4.78, 5) is 27.1. The number of benzene rings is 1. The molecule has 178 valence electrons. The third-order valence-corrected chi connectivity index (χ3v) is 7.47. The van der Waals surface area contributed by atoms with Crippen LogP contribution in [0.2, 0.25) is 0 Å². The highest BCUT2D eigenvalue weighted by Crippen LogP contribution is 2.39. The molecule has 0 unspecified atom stereocenters. The highest BCUT2D eigenvalue weighted by atomic mass is 16.5. The number of ether oxygens (including phenoxy) is 2. The molecule has 8 nitrogen and oxygen atoms in total. The molecule has 0 radical (unpaired) electrons. The second-order valence-electron chi connectivity index (χ2n) is 9.56. The van der Waals surface area contributed by atoms with E-state index < -0.39 is 0 Å². The van der Waals surface area contributed by atoms with E-state index in [0.29, 0.717) is 12.5 Å². The maximum Gasteiger partial charge on any atom is 0.245 e. The molecular formula is C26H31N5O3. The van der Waals surface area contributed by atoms with Crippen LogP contribution in [-0.4, -0.2) is 71.9 Å². The molecule has 0 spiro atoms. The summed E-state index contributed by atoms with van der Waals surface area (Å²) in [6.07, 6.45) is 3.86. The zero-order valence-electron chi connectivity index (χ0n) is 19.9. The number of fused-ring (bicyclic) bond motifs is 2. The van der Waals surface area contributed by atoms with E-state index in [1.165, 1.54) is 0 Å². The quantitative estimate of drug-likeness (QED) is 0.596. The van der Waals surface area contributed by atoms with Crippen molar-refractivity contribution >= 4 is 22.5 Å². The van der Waals surface area contributed by atoms with E-state index in [0.717, 1.165) is 91.7 Å². The number of imidazole rings is 1. The van der Waals surface area contributed by atoms with Gasteiger partial charge in [-0.3, -0.25) is 4.79 Å². The Hall–Kier alpha value is -2.97. The Morgan fingerprint density at radius 1 is 1.06 bits per heavy atom. The van der Waals surface area contributed by atoms with Gasteiger partial charge in [-0.25, -0.2) is 9.97 Å². The van der Waals surface area contributed by atoms with Gasteiger partial charge in [0.1, 0.15) is 17.7 Å². The van der Waals surface area contributed by atoms with Crippen molar-refractivity contribution in [1.82, 2.24) is 19.4 Å². The first kappa shape index (κ1) is 21.6. The molecule has 6 rings (SSSR count). The Labute approximate surface area is 199 Å². The van der Waals surface area contributed by atoms with Crippen LogP contribution >= 0.6 is 0 Å². The number of likely N-dealkylation sites (N-methyl/N-ethyl adjacent to an activating group) is 1. The van der Waals surface area contributed by atoms with Gasteiger partial charge < -0.3 is 23.8 Å². The summed E-state index contributed by atoms with van der Waals surface area (Å²) in [5.74, 6) is 2.46. The first-order valence-corrected chi connectivity index (χ1v) is 12.3.